The Labute approximate surface area is 131 Å². The highest BCUT2D eigenvalue weighted by atomic mass is 35.5. The lowest BCUT2D eigenvalue weighted by Gasteiger charge is -2.19. The first-order chi connectivity index (χ1) is 9.90. The Morgan fingerprint density at radius 2 is 2.10 bits per heavy atom. The van der Waals surface area contributed by atoms with Gasteiger partial charge in [-0.05, 0) is 25.0 Å². The molecule has 0 amide bonds. The Morgan fingerprint density at radius 1 is 1.43 bits per heavy atom. The van der Waals surface area contributed by atoms with Crippen LogP contribution in [0, 0.1) is 0 Å². The normalized spacial score (nSPS) is 15.5. The molecule has 0 aliphatic heterocycles. The minimum Gasteiger partial charge on any atom is -0.495 e. The second kappa shape index (κ2) is 6.52. The summed E-state index contributed by atoms with van der Waals surface area (Å²) in [6, 6.07) is 3.72. The Kier molecular flexibility index (Phi) is 5.14. The lowest BCUT2D eigenvalue weighted by molar-refractivity contribution is 0.392. The number of hydrogen-bond donors (Lipinski definition) is 1. The van der Waals surface area contributed by atoms with E-state index < -0.39 is 10.0 Å². The van der Waals surface area contributed by atoms with E-state index in [0.29, 0.717) is 29.9 Å². The minimum atomic E-state index is -3.60. The van der Waals surface area contributed by atoms with Gasteiger partial charge in [-0.1, -0.05) is 18.5 Å². The highest BCUT2D eigenvalue weighted by Gasteiger charge is 2.27. The average molecular weight is 333 g/mol. The molecule has 0 bridgehead atoms. The summed E-state index contributed by atoms with van der Waals surface area (Å²) in [6.07, 6.45) is 2.32. The van der Waals surface area contributed by atoms with E-state index in [-0.39, 0.29) is 4.90 Å². The van der Waals surface area contributed by atoms with Crippen LogP contribution in [0.5, 0.6) is 5.75 Å². The topological polar surface area (TPSA) is 58.6 Å². The smallest absolute Gasteiger partial charge is 0.246 e. The molecule has 1 aromatic rings. The van der Waals surface area contributed by atoms with Crippen molar-refractivity contribution >= 4 is 21.6 Å². The molecule has 1 aromatic carbocycles. The van der Waals surface area contributed by atoms with E-state index in [1.807, 2.05) is 0 Å². The van der Waals surface area contributed by atoms with Crippen LogP contribution in [0.15, 0.2) is 17.0 Å². The second-order valence-electron chi connectivity index (χ2n) is 5.17. The molecule has 0 aromatic heterocycles. The molecule has 0 heterocycles. The molecule has 7 heteroatoms. The number of sulfonamides is 1. The zero-order valence-corrected chi connectivity index (χ0v) is 14.1. The van der Waals surface area contributed by atoms with Crippen LogP contribution in [0.2, 0.25) is 5.02 Å². The molecule has 2 rings (SSSR count). The molecule has 0 radical (unpaired) electrons. The fraction of sp³-hybridized carbons (Fsp3) is 0.571. The molecule has 118 valence electrons. The summed E-state index contributed by atoms with van der Waals surface area (Å²) in [5.41, 5.74) is 0.764. The maximum atomic E-state index is 12.6. The lowest BCUT2D eigenvalue weighted by atomic mass is 10.2. The molecule has 0 unspecified atom stereocenters. The van der Waals surface area contributed by atoms with Crippen molar-refractivity contribution in [3.63, 3.8) is 0 Å². The number of rotatable bonds is 7. The predicted molar refractivity (Wildman–Crippen MR) is 83.4 cm³/mol. The van der Waals surface area contributed by atoms with Crippen LogP contribution in [0.25, 0.3) is 0 Å². The lowest BCUT2D eigenvalue weighted by Crippen LogP contribution is -2.27. The van der Waals surface area contributed by atoms with Gasteiger partial charge >= 0.3 is 0 Å². The first-order valence-corrected chi connectivity index (χ1v) is 8.78. The highest BCUT2D eigenvalue weighted by Crippen LogP contribution is 2.34. The van der Waals surface area contributed by atoms with Crippen LogP contribution < -0.4 is 10.1 Å². The van der Waals surface area contributed by atoms with E-state index >= 15 is 0 Å². The molecule has 1 aliphatic rings. The van der Waals surface area contributed by atoms with Gasteiger partial charge in [0.25, 0.3) is 0 Å². The third-order valence-electron chi connectivity index (χ3n) is 3.59. The van der Waals surface area contributed by atoms with Gasteiger partial charge in [0.2, 0.25) is 10.0 Å². The van der Waals surface area contributed by atoms with Crippen molar-refractivity contribution in [1.29, 1.82) is 0 Å². The van der Waals surface area contributed by atoms with E-state index in [9.17, 15) is 8.42 Å². The predicted octanol–water partition coefficient (Wildman–Crippen LogP) is 2.24. The molecular formula is C14H21ClN2O3S. The molecule has 0 spiro atoms. The number of hydrogen-bond acceptors (Lipinski definition) is 4. The van der Waals surface area contributed by atoms with Gasteiger partial charge in [-0.15, -0.1) is 0 Å². The van der Waals surface area contributed by atoms with Crippen LogP contribution in [0.1, 0.15) is 25.3 Å². The maximum absolute atomic E-state index is 12.6. The largest absolute Gasteiger partial charge is 0.495 e. The number of nitrogens with one attached hydrogen (secondary N) is 1. The summed E-state index contributed by atoms with van der Waals surface area (Å²) in [7, 11) is -0.583. The monoisotopic (exact) mass is 332 g/mol. The number of ether oxygens (including phenoxy) is 1. The van der Waals surface area contributed by atoms with Gasteiger partial charge in [0, 0.05) is 36.8 Å². The van der Waals surface area contributed by atoms with E-state index in [0.717, 1.165) is 18.4 Å². The second-order valence-corrected chi connectivity index (χ2v) is 7.62. The van der Waals surface area contributed by atoms with Crippen molar-refractivity contribution < 1.29 is 13.2 Å². The van der Waals surface area contributed by atoms with E-state index in [2.05, 4.69) is 5.32 Å². The molecule has 1 fully saturated rings. The summed E-state index contributed by atoms with van der Waals surface area (Å²) in [5.74, 6) is 0.368. The number of nitrogens with zero attached hydrogens (tertiary/aromatic N) is 1. The molecule has 0 atom stereocenters. The van der Waals surface area contributed by atoms with Crippen molar-refractivity contribution in [3.8, 4) is 5.75 Å². The summed E-state index contributed by atoms with van der Waals surface area (Å²) >= 11 is 6.10. The van der Waals surface area contributed by atoms with Gasteiger partial charge in [-0.25, -0.2) is 12.7 Å². The van der Waals surface area contributed by atoms with Gasteiger partial charge in [0.1, 0.15) is 10.6 Å². The van der Waals surface area contributed by atoms with Crippen molar-refractivity contribution in [2.45, 2.75) is 37.2 Å². The number of benzene rings is 1. The van der Waals surface area contributed by atoms with Gasteiger partial charge in [-0.2, -0.15) is 0 Å². The third kappa shape index (κ3) is 3.69. The van der Waals surface area contributed by atoms with Crippen LogP contribution in [-0.2, 0) is 16.6 Å². The molecule has 1 saturated carbocycles. The molecule has 21 heavy (non-hydrogen) atoms. The molecule has 1 aliphatic carbocycles. The fourth-order valence-corrected chi connectivity index (χ4v) is 3.76. The summed E-state index contributed by atoms with van der Waals surface area (Å²) in [6.45, 7) is 2.71. The molecule has 0 saturated heterocycles. The first-order valence-electron chi connectivity index (χ1n) is 6.96. The standard InChI is InChI=1S/C14H21ClN2O3S/c1-4-17(2)21(18,19)13-8-11(15)7-10(14(13)20-3)9-16-12-5-6-12/h7-8,12,16H,4-6,9H2,1-3H3. The summed E-state index contributed by atoms with van der Waals surface area (Å²) < 4.78 is 31.8. The van der Waals surface area contributed by atoms with Crippen LogP contribution in [0.3, 0.4) is 0 Å². The van der Waals surface area contributed by atoms with Crippen LogP contribution >= 0.6 is 11.6 Å². The Morgan fingerprint density at radius 3 is 2.62 bits per heavy atom. The SMILES string of the molecule is CCN(C)S(=O)(=O)c1cc(Cl)cc(CNC2CC2)c1OC. The van der Waals surface area contributed by atoms with Crippen molar-refractivity contribution in [2.75, 3.05) is 20.7 Å². The first kappa shape index (κ1) is 16.5. The maximum Gasteiger partial charge on any atom is 0.246 e. The Bertz CT molecular complexity index is 615. The zero-order valence-electron chi connectivity index (χ0n) is 12.5. The minimum absolute atomic E-state index is 0.120. The summed E-state index contributed by atoms with van der Waals surface area (Å²) in [4.78, 5) is 0.120. The van der Waals surface area contributed by atoms with Gasteiger partial charge in [0.05, 0.1) is 7.11 Å². The Balaban J connectivity index is 2.43. The van der Waals surface area contributed by atoms with Crippen molar-refractivity contribution in [2.24, 2.45) is 0 Å². The fourth-order valence-electron chi connectivity index (χ4n) is 2.06. The van der Waals surface area contributed by atoms with Crippen molar-refractivity contribution in [3.05, 3.63) is 22.7 Å². The zero-order chi connectivity index (χ0) is 15.6. The van der Waals surface area contributed by atoms with Gasteiger partial charge < -0.3 is 10.1 Å². The van der Waals surface area contributed by atoms with Gasteiger partial charge in [-0.3, -0.25) is 0 Å². The molecule has 5 nitrogen and oxygen atoms in total. The average Bonchev–Trinajstić information content (AvgIpc) is 3.27. The quantitative estimate of drug-likeness (QED) is 0.832. The van der Waals surface area contributed by atoms with E-state index in [1.54, 1.807) is 13.0 Å². The Hall–Kier alpha value is -0.820. The van der Waals surface area contributed by atoms with Crippen molar-refractivity contribution in [1.82, 2.24) is 9.62 Å². The summed E-state index contributed by atoms with van der Waals surface area (Å²) in [5, 5.41) is 3.74. The molecule has 1 N–H and O–H groups in total. The van der Waals surface area contributed by atoms with Gasteiger partial charge in [0.15, 0.2) is 0 Å². The number of methoxy groups -OCH3 is 1. The van der Waals surface area contributed by atoms with E-state index in [1.165, 1.54) is 24.5 Å². The molecular weight excluding hydrogens is 312 g/mol. The van der Waals surface area contributed by atoms with Crippen LogP contribution in [0.4, 0.5) is 0 Å². The number of halogens is 1. The highest BCUT2D eigenvalue weighted by molar-refractivity contribution is 7.89. The van der Waals surface area contributed by atoms with E-state index in [4.69, 9.17) is 16.3 Å². The third-order valence-corrected chi connectivity index (χ3v) is 5.75. The van der Waals surface area contributed by atoms with Crippen LogP contribution in [-0.4, -0.2) is 39.5 Å².